The molecule has 1 saturated heterocycles. The van der Waals surface area contributed by atoms with Gasteiger partial charge in [0, 0.05) is 20.1 Å². The third-order valence-electron chi connectivity index (χ3n) is 4.32. The molecular formula is C15H21ClN2O. The number of rotatable bonds is 2. The molecule has 0 spiro atoms. The summed E-state index contributed by atoms with van der Waals surface area (Å²) < 4.78 is 0. The lowest BCUT2D eigenvalue weighted by Gasteiger charge is -2.38. The van der Waals surface area contributed by atoms with Crippen LogP contribution in [-0.2, 0) is 11.2 Å². The predicted octanol–water partition coefficient (Wildman–Crippen LogP) is 1.96. The van der Waals surface area contributed by atoms with E-state index in [-0.39, 0.29) is 18.3 Å². The van der Waals surface area contributed by atoms with Crippen LogP contribution in [0.2, 0.25) is 0 Å². The molecule has 1 atom stereocenters. The molecule has 3 nitrogen and oxygen atoms in total. The lowest BCUT2D eigenvalue weighted by Crippen LogP contribution is -2.58. The zero-order valence-electron chi connectivity index (χ0n) is 11.3. The molecule has 1 fully saturated rings. The highest BCUT2D eigenvalue weighted by molar-refractivity contribution is 5.85. The first-order valence-corrected chi connectivity index (χ1v) is 6.82. The molecule has 1 aliphatic carbocycles. The number of nitrogens with one attached hydrogen (secondary N) is 1. The van der Waals surface area contributed by atoms with Crippen LogP contribution in [0, 0.1) is 0 Å². The van der Waals surface area contributed by atoms with E-state index < -0.39 is 0 Å². The minimum Gasteiger partial charge on any atom is -0.340 e. The molecule has 2 aliphatic rings. The number of benzene rings is 1. The molecule has 0 bridgehead atoms. The summed E-state index contributed by atoms with van der Waals surface area (Å²) in [5, 5.41) is 3.23. The molecule has 1 aromatic rings. The Bertz CT molecular complexity index is 459. The molecule has 1 aromatic carbocycles. The SMILES string of the molecule is CN(C(=O)C1CCCc2ccccc21)C1CNC1.Cl. The minimum absolute atomic E-state index is 0. The van der Waals surface area contributed by atoms with E-state index in [1.165, 1.54) is 11.1 Å². The molecule has 0 aromatic heterocycles. The van der Waals surface area contributed by atoms with E-state index in [9.17, 15) is 4.79 Å². The van der Waals surface area contributed by atoms with Gasteiger partial charge in [-0.15, -0.1) is 12.4 Å². The maximum absolute atomic E-state index is 12.6. The highest BCUT2D eigenvalue weighted by Gasteiger charge is 2.32. The van der Waals surface area contributed by atoms with Crippen LogP contribution in [-0.4, -0.2) is 37.0 Å². The van der Waals surface area contributed by atoms with Crippen molar-refractivity contribution in [1.82, 2.24) is 10.2 Å². The van der Waals surface area contributed by atoms with Crippen molar-refractivity contribution in [1.29, 1.82) is 0 Å². The van der Waals surface area contributed by atoms with Crippen molar-refractivity contribution >= 4 is 18.3 Å². The van der Waals surface area contributed by atoms with Crippen LogP contribution in [0.4, 0.5) is 0 Å². The molecular weight excluding hydrogens is 260 g/mol. The number of carbonyl (C=O) groups excluding carboxylic acids is 1. The second kappa shape index (κ2) is 5.93. The summed E-state index contributed by atoms with van der Waals surface area (Å²) >= 11 is 0. The number of fused-ring (bicyclic) bond motifs is 1. The summed E-state index contributed by atoms with van der Waals surface area (Å²) in [5.74, 6) is 0.384. The first-order valence-electron chi connectivity index (χ1n) is 6.82. The summed E-state index contributed by atoms with van der Waals surface area (Å²) in [6.07, 6.45) is 3.25. The van der Waals surface area contributed by atoms with Gasteiger partial charge < -0.3 is 10.2 Å². The minimum atomic E-state index is 0. The van der Waals surface area contributed by atoms with Crippen LogP contribution in [0.1, 0.15) is 29.9 Å². The van der Waals surface area contributed by atoms with Gasteiger partial charge in [-0.3, -0.25) is 4.79 Å². The lowest BCUT2D eigenvalue weighted by molar-refractivity contribution is -0.134. The number of hydrogen-bond acceptors (Lipinski definition) is 2. The maximum atomic E-state index is 12.6. The molecule has 0 radical (unpaired) electrons. The third-order valence-corrected chi connectivity index (χ3v) is 4.32. The van der Waals surface area contributed by atoms with E-state index in [4.69, 9.17) is 0 Å². The van der Waals surface area contributed by atoms with Gasteiger partial charge in [-0.05, 0) is 30.4 Å². The van der Waals surface area contributed by atoms with Crippen molar-refractivity contribution < 1.29 is 4.79 Å². The van der Waals surface area contributed by atoms with Gasteiger partial charge >= 0.3 is 0 Å². The fraction of sp³-hybridized carbons (Fsp3) is 0.533. The van der Waals surface area contributed by atoms with Gasteiger partial charge in [0.25, 0.3) is 0 Å². The predicted molar refractivity (Wildman–Crippen MR) is 78.8 cm³/mol. The van der Waals surface area contributed by atoms with E-state index in [0.717, 1.165) is 32.4 Å². The summed E-state index contributed by atoms with van der Waals surface area (Å²) in [6.45, 7) is 1.88. The van der Waals surface area contributed by atoms with Gasteiger partial charge in [0.05, 0.1) is 12.0 Å². The number of amides is 1. The standard InChI is InChI=1S/C15H20N2O.ClH/c1-17(12-9-16-10-12)15(18)14-8-4-6-11-5-2-3-7-13(11)14;/h2-3,5,7,12,14,16H,4,6,8-10H2,1H3;1H. The fourth-order valence-corrected chi connectivity index (χ4v) is 2.98. The summed E-state index contributed by atoms with van der Waals surface area (Å²) in [5.41, 5.74) is 2.62. The maximum Gasteiger partial charge on any atom is 0.230 e. The van der Waals surface area contributed by atoms with Crippen molar-refractivity contribution in [2.75, 3.05) is 20.1 Å². The summed E-state index contributed by atoms with van der Waals surface area (Å²) in [6, 6.07) is 8.82. The highest BCUT2D eigenvalue weighted by atomic mass is 35.5. The molecule has 0 saturated carbocycles. The van der Waals surface area contributed by atoms with Crippen LogP contribution in [0.5, 0.6) is 0 Å². The van der Waals surface area contributed by atoms with Gasteiger partial charge in [0.1, 0.15) is 0 Å². The molecule has 1 N–H and O–H groups in total. The van der Waals surface area contributed by atoms with Crippen LogP contribution >= 0.6 is 12.4 Å². The van der Waals surface area contributed by atoms with Gasteiger partial charge in [-0.2, -0.15) is 0 Å². The molecule has 4 heteroatoms. The molecule has 3 rings (SSSR count). The highest BCUT2D eigenvalue weighted by Crippen LogP contribution is 2.33. The number of carbonyl (C=O) groups is 1. The van der Waals surface area contributed by atoms with E-state index in [1.807, 2.05) is 11.9 Å². The normalized spacial score (nSPS) is 21.8. The van der Waals surface area contributed by atoms with Crippen LogP contribution < -0.4 is 5.32 Å². The van der Waals surface area contributed by atoms with Crippen LogP contribution in [0.25, 0.3) is 0 Å². The second-order valence-electron chi connectivity index (χ2n) is 5.40. The van der Waals surface area contributed by atoms with Gasteiger partial charge in [0.15, 0.2) is 0 Å². The zero-order valence-corrected chi connectivity index (χ0v) is 12.1. The van der Waals surface area contributed by atoms with E-state index in [2.05, 4.69) is 29.6 Å². The van der Waals surface area contributed by atoms with E-state index in [0.29, 0.717) is 11.9 Å². The van der Waals surface area contributed by atoms with Gasteiger partial charge in [-0.1, -0.05) is 24.3 Å². The Morgan fingerprint density at radius 1 is 1.32 bits per heavy atom. The molecule has 1 aliphatic heterocycles. The Kier molecular flexibility index (Phi) is 4.48. The smallest absolute Gasteiger partial charge is 0.230 e. The Morgan fingerprint density at radius 3 is 2.74 bits per heavy atom. The third kappa shape index (κ3) is 2.63. The fourth-order valence-electron chi connectivity index (χ4n) is 2.98. The largest absolute Gasteiger partial charge is 0.340 e. The van der Waals surface area contributed by atoms with Gasteiger partial charge in [0.2, 0.25) is 5.91 Å². The Hall–Kier alpha value is -1.06. The summed E-state index contributed by atoms with van der Waals surface area (Å²) in [7, 11) is 1.95. The van der Waals surface area contributed by atoms with Gasteiger partial charge in [-0.25, -0.2) is 0 Å². The Labute approximate surface area is 120 Å². The number of aryl methyl sites for hydroxylation is 1. The van der Waals surface area contributed by atoms with Crippen molar-refractivity contribution in [3.8, 4) is 0 Å². The average Bonchev–Trinajstić information content (AvgIpc) is 2.35. The van der Waals surface area contributed by atoms with E-state index in [1.54, 1.807) is 0 Å². The van der Waals surface area contributed by atoms with Crippen LogP contribution in [0.15, 0.2) is 24.3 Å². The quantitative estimate of drug-likeness (QED) is 0.898. The number of hydrogen-bond donors (Lipinski definition) is 1. The van der Waals surface area contributed by atoms with Crippen molar-refractivity contribution in [2.24, 2.45) is 0 Å². The first kappa shape index (κ1) is 14.4. The van der Waals surface area contributed by atoms with Crippen molar-refractivity contribution in [3.05, 3.63) is 35.4 Å². The molecule has 104 valence electrons. The monoisotopic (exact) mass is 280 g/mol. The topological polar surface area (TPSA) is 32.3 Å². The number of likely N-dealkylation sites (N-methyl/N-ethyl adjacent to an activating group) is 1. The van der Waals surface area contributed by atoms with Crippen molar-refractivity contribution in [3.63, 3.8) is 0 Å². The average molecular weight is 281 g/mol. The summed E-state index contributed by atoms with van der Waals surface area (Å²) in [4.78, 5) is 14.5. The van der Waals surface area contributed by atoms with E-state index >= 15 is 0 Å². The first-order chi connectivity index (χ1) is 8.77. The van der Waals surface area contributed by atoms with Crippen molar-refractivity contribution in [2.45, 2.75) is 31.2 Å². The Morgan fingerprint density at radius 2 is 2.05 bits per heavy atom. The lowest BCUT2D eigenvalue weighted by atomic mass is 9.82. The molecule has 1 unspecified atom stereocenters. The van der Waals surface area contributed by atoms with Crippen LogP contribution in [0.3, 0.4) is 0 Å². The Balaban J connectivity index is 0.00000133. The molecule has 1 heterocycles. The zero-order chi connectivity index (χ0) is 12.5. The second-order valence-corrected chi connectivity index (χ2v) is 5.40. The molecule has 19 heavy (non-hydrogen) atoms. The molecule has 1 amide bonds. The number of nitrogens with zero attached hydrogens (tertiary/aromatic N) is 1. The number of halogens is 1.